The van der Waals surface area contributed by atoms with E-state index in [0.717, 1.165) is 23.5 Å². The van der Waals surface area contributed by atoms with Crippen LogP contribution in [0.25, 0.3) is 0 Å². The van der Waals surface area contributed by atoms with Crippen LogP contribution in [0, 0.1) is 17.8 Å². The molecular formula is C15H21NO. The summed E-state index contributed by atoms with van der Waals surface area (Å²) in [5, 5.41) is 3.51. The molecular weight excluding hydrogens is 210 g/mol. The van der Waals surface area contributed by atoms with Crippen molar-refractivity contribution in [1.82, 2.24) is 5.32 Å². The van der Waals surface area contributed by atoms with Gasteiger partial charge in [-0.2, -0.15) is 0 Å². The first-order valence-electron chi connectivity index (χ1n) is 6.66. The molecule has 2 aliphatic rings. The molecule has 0 bridgehead atoms. The lowest BCUT2D eigenvalue weighted by atomic mass is 9.97. The van der Waals surface area contributed by atoms with Gasteiger partial charge in [-0.25, -0.2) is 0 Å². The average molecular weight is 231 g/mol. The SMILES string of the molecule is CNC(c1ccc(OC)cc1)C1C2CCCC21. The molecule has 0 aromatic heterocycles. The molecule has 92 valence electrons. The van der Waals surface area contributed by atoms with Crippen LogP contribution in [0.3, 0.4) is 0 Å². The molecule has 2 saturated carbocycles. The maximum atomic E-state index is 5.21. The number of benzene rings is 1. The Balaban J connectivity index is 1.76. The highest BCUT2D eigenvalue weighted by Gasteiger charge is 2.55. The highest BCUT2D eigenvalue weighted by molar-refractivity contribution is 5.31. The molecule has 17 heavy (non-hydrogen) atoms. The van der Waals surface area contributed by atoms with Gasteiger partial charge in [0.15, 0.2) is 0 Å². The van der Waals surface area contributed by atoms with Crippen LogP contribution in [-0.4, -0.2) is 14.2 Å². The Hall–Kier alpha value is -1.02. The third-order valence-corrected chi connectivity index (χ3v) is 4.64. The van der Waals surface area contributed by atoms with Crippen molar-refractivity contribution in [2.45, 2.75) is 25.3 Å². The van der Waals surface area contributed by atoms with Crippen LogP contribution in [0.1, 0.15) is 30.9 Å². The minimum atomic E-state index is 0.538. The van der Waals surface area contributed by atoms with Gasteiger partial charge in [0.05, 0.1) is 7.11 Å². The summed E-state index contributed by atoms with van der Waals surface area (Å²) < 4.78 is 5.21. The standard InChI is InChI=1S/C15H21NO/c1-16-15(14-12-4-3-5-13(12)14)10-6-8-11(17-2)9-7-10/h6-9,12-16H,3-5H2,1-2H3. The minimum absolute atomic E-state index is 0.538. The van der Waals surface area contributed by atoms with Crippen LogP contribution in [0.4, 0.5) is 0 Å². The van der Waals surface area contributed by atoms with E-state index in [4.69, 9.17) is 4.74 Å². The molecule has 2 nitrogen and oxygen atoms in total. The molecule has 3 atom stereocenters. The predicted octanol–water partition coefficient (Wildman–Crippen LogP) is 3.00. The molecule has 0 saturated heterocycles. The molecule has 2 aliphatic carbocycles. The second kappa shape index (κ2) is 4.34. The van der Waals surface area contributed by atoms with Crippen molar-refractivity contribution in [2.24, 2.45) is 17.8 Å². The van der Waals surface area contributed by atoms with Crippen LogP contribution in [0.15, 0.2) is 24.3 Å². The molecule has 0 aliphatic heterocycles. The fourth-order valence-electron chi connectivity index (χ4n) is 3.76. The van der Waals surface area contributed by atoms with Crippen molar-refractivity contribution in [2.75, 3.05) is 14.2 Å². The van der Waals surface area contributed by atoms with E-state index in [1.165, 1.54) is 24.8 Å². The van der Waals surface area contributed by atoms with Gasteiger partial charge in [0.1, 0.15) is 5.75 Å². The minimum Gasteiger partial charge on any atom is -0.497 e. The van der Waals surface area contributed by atoms with E-state index in [9.17, 15) is 0 Å². The van der Waals surface area contributed by atoms with Gasteiger partial charge >= 0.3 is 0 Å². The van der Waals surface area contributed by atoms with Gasteiger partial charge in [-0.1, -0.05) is 18.6 Å². The van der Waals surface area contributed by atoms with Crippen LogP contribution >= 0.6 is 0 Å². The highest BCUT2D eigenvalue weighted by atomic mass is 16.5. The first kappa shape index (κ1) is 11.1. The van der Waals surface area contributed by atoms with E-state index in [1.54, 1.807) is 7.11 Å². The summed E-state index contributed by atoms with van der Waals surface area (Å²) in [4.78, 5) is 0. The van der Waals surface area contributed by atoms with Gasteiger partial charge in [-0.15, -0.1) is 0 Å². The second-order valence-electron chi connectivity index (χ2n) is 5.38. The third-order valence-electron chi connectivity index (χ3n) is 4.64. The summed E-state index contributed by atoms with van der Waals surface area (Å²) in [6.45, 7) is 0. The summed E-state index contributed by atoms with van der Waals surface area (Å²) in [6, 6.07) is 9.08. The first-order valence-corrected chi connectivity index (χ1v) is 6.66. The highest BCUT2D eigenvalue weighted by Crippen LogP contribution is 2.62. The van der Waals surface area contributed by atoms with Crippen molar-refractivity contribution < 1.29 is 4.74 Å². The number of nitrogens with one attached hydrogen (secondary N) is 1. The Morgan fingerprint density at radius 3 is 2.35 bits per heavy atom. The number of rotatable bonds is 4. The van der Waals surface area contributed by atoms with E-state index in [-0.39, 0.29) is 0 Å². The lowest BCUT2D eigenvalue weighted by molar-refractivity contribution is 0.413. The lowest BCUT2D eigenvalue weighted by Gasteiger charge is -2.19. The summed E-state index contributed by atoms with van der Waals surface area (Å²) >= 11 is 0. The zero-order valence-corrected chi connectivity index (χ0v) is 10.6. The molecule has 3 rings (SSSR count). The summed E-state index contributed by atoms with van der Waals surface area (Å²) in [5.74, 6) is 3.81. The van der Waals surface area contributed by atoms with Gasteiger partial charge in [0, 0.05) is 6.04 Å². The number of fused-ring (bicyclic) bond motifs is 1. The van der Waals surface area contributed by atoms with Crippen molar-refractivity contribution in [3.8, 4) is 5.75 Å². The smallest absolute Gasteiger partial charge is 0.118 e. The van der Waals surface area contributed by atoms with Crippen molar-refractivity contribution in [3.63, 3.8) is 0 Å². The van der Waals surface area contributed by atoms with E-state index in [0.29, 0.717) is 6.04 Å². The number of hydrogen-bond acceptors (Lipinski definition) is 2. The largest absolute Gasteiger partial charge is 0.497 e. The Kier molecular flexibility index (Phi) is 2.83. The van der Waals surface area contributed by atoms with Gasteiger partial charge in [-0.3, -0.25) is 0 Å². The van der Waals surface area contributed by atoms with Gasteiger partial charge in [-0.05, 0) is 55.3 Å². The second-order valence-corrected chi connectivity index (χ2v) is 5.38. The van der Waals surface area contributed by atoms with Crippen LogP contribution in [-0.2, 0) is 0 Å². The number of ether oxygens (including phenoxy) is 1. The molecule has 0 amide bonds. The van der Waals surface area contributed by atoms with Gasteiger partial charge < -0.3 is 10.1 Å². The van der Waals surface area contributed by atoms with E-state index >= 15 is 0 Å². The molecule has 0 radical (unpaired) electrons. The molecule has 2 heteroatoms. The quantitative estimate of drug-likeness (QED) is 0.860. The normalized spacial score (nSPS) is 32.0. The van der Waals surface area contributed by atoms with Crippen LogP contribution in [0.2, 0.25) is 0 Å². The van der Waals surface area contributed by atoms with Crippen molar-refractivity contribution in [3.05, 3.63) is 29.8 Å². The first-order chi connectivity index (χ1) is 8.35. The zero-order valence-electron chi connectivity index (χ0n) is 10.6. The van der Waals surface area contributed by atoms with Gasteiger partial charge in [0.2, 0.25) is 0 Å². The number of methoxy groups -OCH3 is 1. The fourth-order valence-corrected chi connectivity index (χ4v) is 3.76. The van der Waals surface area contributed by atoms with Crippen molar-refractivity contribution >= 4 is 0 Å². The molecule has 1 aromatic carbocycles. The molecule has 0 spiro atoms. The predicted molar refractivity (Wildman–Crippen MR) is 69.1 cm³/mol. The summed E-state index contributed by atoms with van der Waals surface area (Å²) in [7, 11) is 3.80. The summed E-state index contributed by atoms with van der Waals surface area (Å²) in [6.07, 6.45) is 4.35. The fraction of sp³-hybridized carbons (Fsp3) is 0.600. The van der Waals surface area contributed by atoms with Crippen LogP contribution < -0.4 is 10.1 Å². The Labute approximate surface area is 103 Å². The molecule has 1 N–H and O–H groups in total. The Bertz CT molecular complexity index is 376. The molecule has 1 aromatic rings. The molecule has 0 heterocycles. The average Bonchev–Trinajstić information content (AvgIpc) is 2.85. The lowest BCUT2D eigenvalue weighted by Crippen LogP contribution is -2.20. The van der Waals surface area contributed by atoms with Gasteiger partial charge in [0.25, 0.3) is 0 Å². The van der Waals surface area contributed by atoms with Crippen molar-refractivity contribution in [1.29, 1.82) is 0 Å². The van der Waals surface area contributed by atoms with E-state index in [1.807, 2.05) is 0 Å². The summed E-state index contributed by atoms with van der Waals surface area (Å²) in [5.41, 5.74) is 1.41. The van der Waals surface area contributed by atoms with Crippen LogP contribution in [0.5, 0.6) is 5.75 Å². The molecule has 3 unspecified atom stereocenters. The zero-order chi connectivity index (χ0) is 11.8. The van der Waals surface area contributed by atoms with E-state index in [2.05, 4.69) is 36.6 Å². The Morgan fingerprint density at radius 2 is 1.82 bits per heavy atom. The topological polar surface area (TPSA) is 21.3 Å². The van der Waals surface area contributed by atoms with E-state index < -0.39 is 0 Å². The number of hydrogen-bond donors (Lipinski definition) is 1. The third kappa shape index (κ3) is 1.85. The molecule has 2 fully saturated rings. The Morgan fingerprint density at radius 1 is 1.18 bits per heavy atom. The monoisotopic (exact) mass is 231 g/mol. The maximum absolute atomic E-state index is 5.21. The maximum Gasteiger partial charge on any atom is 0.118 e.